The van der Waals surface area contributed by atoms with Crippen LogP contribution in [0, 0.1) is 0 Å². The van der Waals surface area contributed by atoms with Gasteiger partial charge in [0.1, 0.15) is 66.5 Å². The van der Waals surface area contributed by atoms with Crippen LogP contribution in [0.3, 0.4) is 0 Å². The predicted octanol–water partition coefficient (Wildman–Crippen LogP) is -3.31. The van der Waals surface area contributed by atoms with E-state index in [1.807, 2.05) is 23.5 Å². The van der Waals surface area contributed by atoms with E-state index in [0.29, 0.717) is 40.8 Å². The standard InChI is InChI=1S/C68H91N15O16S2/c1-37(85)56-65(95)78-50(30-40-16-8-5-9-17-40)67(97)83(3)54(64(94)77-48(28-39-14-6-4-7-15-39)59(89)76-49(31-42-33-72-45-19-11-10-18-44(42)45)61(91)74-46(58(88)81-56)20-12-13-26-69)25-27-101-36-55(87)73-51(32-70)62(92)75-47(29-41-21-23-43(71)24-22-41)60(90)80-53(35-100)63(93)82-57(38(2)86)66(96)79-52(34-84)68(98)99/h4-11,14-19,21-24,33,37-38,46-54,56-57,72,84-86,100H,12-13,20,25-32,34-36,69-71H2,1-3H3,(H,73,87)(H,74,91)(H,75,92)(H,76,89)(H,77,94)(H,78,95)(H,79,96)(H,80,90)(H,81,88)(H,82,93)(H,98,99)/t37-,38-,46+,47+,48?,49-,50+,51-,52+,53+,54?,56+,57+/m1/s1. The second-order valence-corrected chi connectivity index (χ2v) is 25.9. The minimum absolute atomic E-state index is 0.0230. The lowest BCUT2D eigenvalue weighted by Crippen LogP contribution is -2.63. The number of anilines is 1. The molecule has 101 heavy (non-hydrogen) atoms. The molecule has 2 unspecified atom stereocenters. The number of aromatic amines is 1. The van der Waals surface area contributed by atoms with E-state index >= 15 is 14.4 Å². The number of aromatic nitrogens is 1. The van der Waals surface area contributed by atoms with Crippen LogP contribution in [-0.2, 0) is 83.2 Å². The topological polar surface area (TPSA) is 503 Å². The summed E-state index contributed by atoms with van der Waals surface area (Å²) in [7, 11) is 1.31. The highest BCUT2D eigenvalue weighted by Crippen LogP contribution is 2.21. The fourth-order valence-electron chi connectivity index (χ4n) is 11.0. The lowest BCUT2D eigenvalue weighted by molar-refractivity contribution is -0.144. The number of benzene rings is 4. The van der Waals surface area contributed by atoms with E-state index in [4.69, 9.17) is 17.2 Å². The second kappa shape index (κ2) is 40.0. The zero-order valence-electron chi connectivity index (χ0n) is 56.1. The highest BCUT2D eigenvalue weighted by molar-refractivity contribution is 7.99. The van der Waals surface area contributed by atoms with Gasteiger partial charge in [-0.1, -0.05) is 91.0 Å². The Morgan fingerprint density at radius 1 is 0.594 bits per heavy atom. The number of aliphatic hydroxyl groups excluding tert-OH is 3. The number of hydrogen-bond donors (Lipinski definition) is 19. The second-order valence-electron chi connectivity index (χ2n) is 24.4. The van der Waals surface area contributed by atoms with Gasteiger partial charge >= 0.3 is 5.97 Å². The SMILES string of the molecule is C[C@@H](O)[C@H](NC(=O)[C@H](CS)NC(=O)[C@H](Cc1ccc(N)cc1)NC(=O)[C@@H](CN)NC(=O)CSCCC1C(=O)NC(Cc2ccccc2)C(=O)N[C@H](Cc2c[nH]c3ccccc23)C(=O)N[C@@H](CCCCN)C(=O)N[C@@H]([C@@H](C)O)C(=O)N[C@@H](Cc2ccccc2)C(=O)N1C)C(=O)N[C@@H](CO)C(=O)O. The van der Waals surface area contributed by atoms with Crippen molar-refractivity contribution in [3.8, 4) is 0 Å². The molecule has 0 radical (unpaired) electrons. The molecule has 0 aliphatic carbocycles. The van der Waals surface area contributed by atoms with E-state index in [-0.39, 0.29) is 50.8 Å². The minimum Gasteiger partial charge on any atom is -0.480 e. The van der Waals surface area contributed by atoms with E-state index < -0.39 is 174 Å². The van der Waals surface area contributed by atoms with Crippen LogP contribution in [-0.4, -0.2) is 224 Å². The van der Waals surface area contributed by atoms with Crippen molar-refractivity contribution >= 4 is 112 Å². The monoisotopic (exact) mass is 1440 g/mol. The Morgan fingerprint density at radius 3 is 1.73 bits per heavy atom. The Balaban J connectivity index is 1.27. The number of aliphatic hydroxyl groups is 3. The summed E-state index contributed by atoms with van der Waals surface area (Å²) in [5.41, 5.74) is 21.1. The van der Waals surface area contributed by atoms with Crippen LogP contribution in [0.25, 0.3) is 10.9 Å². The van der Waals surface area contributed by atoms with Gasteiger partial charge in [0.25, 0.3) is 0 Å². The van der Waals surface area contributed by atoms with Crippen molar-refractivity contribution in [2.75, 3.05) is 49.7 Å². The number of rotatable bonds is 32. The van der Waals surface area contributed by atoms with Crippen LogP contribution in [0.1, 0.15) is 61.8 Å². The highest BCUT2D eigenvalue weighted by atomic mass is 32.2. The van der Waals surface area contributed by atoms with Gasteiger partial charge in [-0.15, -0.1) is 0 Å². The molecule has 0 saturated carbocycles. The minimum atomic E-state index is -1.78. The molecule has 33 heteroatoms. The number of nitrogens with zero attached hydrogens (tertiary/aromatic N) is 1. The third kappa shape index (κ3) is 24.3. The van der Waals surface area contributed by atoms with Gasteiger partial charge in [-0.25, -0.2) is 4.79 Å². The van der Waals surface area contributed by atoms with Gasteiger partial charge in [0.05, 0.1) is 24.6 Å². The van der Waals surface area contributed by atoms with Crippen LogP contribution < -0.4 is 70.4 Å². The van der Waals surface area contributed by atoms with Crippen molar-refractivity contribution in [3.05, 3.63) is 138 Å². The number of carboxylic acid groups (broad SMARTS) is 1. The lowest BCUT2D eigenvalue weighted by Gasteiger charge is -2.33. The fraction of sp³-hybridized carbons (Fsp3) is 0.441. The zero-order valence-corrected chi connectivity index (χ0v) is 57.8. The number of para-hydroxylation sites is 1. The highest BCUT2D eigenvalue weighted by Gasteiger charge is 2.40. The Hall–Kier alpha value is -9.64. The smallest absolute Gasteiger partial charge is 0.328 e. The van der Waals surface area contributed by atoms with Crippen LogP contribution in [0.4, 0.5) is 5.69 Å². The Labute approximate surface area is 592 Å². The maximum absolute atomic E-state index is 15.3. The maximum Gasteiger partial charge on any atom is 0.328 e. The molecule has 1 aliphatic rings. The average Bonchev–Trinajstić information content (AvgIpc) is 1.81. The summed E-state index contributed by atoms with van der Waals surface area (Å²) in [6.07, 6.45) is -1.56. The summed E-state index contributed by atoms with van der Waals surface area (Å²) in [6.45, 7) is 1.10. The molecule has 1 saturated heterocycles. The Morgan fingerprint density at radius 2 is 1.14 bits per heavy atom. The van der Waals surface area contributed by atoms with Crippen LogP contribution in [0.15, 0.2) is 115 Å². The van der Waals surface area contributed by atoms with Crippen molar-refractivity contribution < 1.29 is 78.0 Å². The van der Waals surface area contributed by atoms with Gasteiger partial charge in [0.2, 0.25) is 65.0 Å². The van der Waals surface area contributed by atoms with Crippen LogP contribution in [0.2, 0.25) is 0 Å². The van der Waals surface area contributed by atoms with Gasteiger partial charge in [0, 0.05) is 67.8 Å². The average molecular weight is 1440 g/mol. The summed E-state index contributed by atoms with van der Waals surface area (Å²) in [4.78, 5) is 174. The molecule has 1 aliphatic heterocycles. The molecule has 11 amide bonds. The molecule has 0 spiro atoms. The van der Waals surface area contributed by atoms with E-state index in [0.717, 1.165) is 34.5 Å². The third-order valence-electron chi connectivity index (χ3n) is 16.7. The normalized spacial score (nSPS) is 20.1. The molecule has 2 heterocycles. The quantitative estimate of drug-likeness (QED) is 0.0114. The number of likely N-dealkylation sites (N-methyl/N-ethyl adjacent to an activating group) is 1. The number of thiol groups is 1. The first-order valence-corrected chi connectivity index (χ1v) is 34.6. The van der Waals surface area contributed by atoms with Crippen molar-refractivity contribution in [3.63, 3.8) is 0 Å². The van der Waals surface area contributed by atoms with Gasteiger partial charge in [-0.3, -0.25) is 52.7 Å². The molecule has 0 bridgehead atoms. The van der Waals surface area contributed by atoms with Crippen LogP contribution in [0.5, 0.6) is 0 Å². The van der Waals surface area contributed by atoms with E-state index in [1.54, 1.807) is 85.1 Å². The molecule has 6 rings (SSSR count). The zero-order chi connectivity index (χ0) is 73.9. The number of amides is 11. The number of nitrogens with one attached hydrogen (secondary N) is 11. The number of thioether (sulfide) groups is 1. The molecule has 1 fully saturated rings. The number of nitrogen functional groups attached to an aromatic ring is 1. The molecular formula is C68H91N15O16S2. The van der Waals surface area contributed by atoms with Gasteiger partial charge in [-0.2, -0.15) is 24.4 Å². The number of aliphatic carboxylic acids is 1. The first-order chi connectivity index (χ1) is 48.2. The van der Waals surface area contributed by atoms with Crippen molar-refractivity contribution in [2.45, 2.75) is 144 Å². The molecule has 31 nitrogen and oxygen atoms in total. The van der Waals surface area contributed by atoms with Gasteiger partial charge < -0.3 is 101 Å². The van der Waals surface area contributed by atoms with Gasteiger partial charge in [0.15, 0.2) is 0 Å². The van der Waals surface area contributed by atoms with Crippen molar-refractivity contribution in [1.29, 1.82) is 0 Å². The molecule has 1 aromatic heterocycles. The molecule has 21 N–H and O–H groups in total. The largest absolute Gasteiger partial charge is 0.480 e. The third-order valence-corrected chi connectivity index (χ3v) is 18.0. The number of fused-ring (bicyclic) bond motifs is 1. The Bertz CT molecular complexity index is 3650. The number of hydrogen-bond acceptors (Lipinski definition) is 20. The number of nitrogens with two attached hydrogens (primary N) is 3. The summed E-state index contributed by atoms with van der Waals surface area (Å²) in [6, 6.07) is 13.7. The maximum atomic E-state index is 15.3. The summed E-state index contributed by atoms with van der Waals surface area (Å²) in [5, 5.41) is 66.5. The number of H-pyrrole nitrogens is 1. The lowest BCUT2D eigenvalue weighted by atomic mass is 10.00. The molecule has 13 atom stereocenters. The molecule has 546 valence electrons. The summed E-state index contributed by atoms with van der Waals surface area (Å²) >= 11 is 5.15. The molecular weight excluding hydrogens is 1350 g/mol. The van der Waals surface area contributed by atoms with Crippen molar-refractivity contribution in [1.82, 2.24) is 63.1 Å². The first-order valence-electron chi connectivity index (χ1n) is 32.8. The first kappa shape index (κ1) is 80.3. The van der Waals surface area contributed by atoms with E-state index in [1.165, 1.54) is 26.1 Å². The number of carboxylic acids is 1. The number of unbranched alkanes of at least 4 members (excludes halogenated alkanes) is 1. The van der Waals surface area contributed by atoms with E-state index in [2.05, 4.69) is 65.5 Å². The predicted molar refractivity (Wildman–Crippen MR) is 379 cm³/mol. The van der Waals surface area contributed by atoms with E-state index in [9.17, 15) is 63.6 Å². The Kier molecular flexibility index (Phi) is 31.8. The number of carbonyl (C=O) groups excluding carboxylic acids is 11. The molecule has 5 aromatic rings. The fourth-order valence-corrected chi connectivity index (χ4v) is 12.1. The number of carbonyl (C=O) groups is 12. The van der Waals surface area contributed by atoms with Gasteiger partial charge in [-0.05, 0) is 92.3 Å². The summed E-state index contributed by atoms with van der Waals surface area (Å²) in [5.74, 6) is -12.5. The molecule has 4 aromatic carbocycles. The summed E-state index contributed by atoms with van der Waals surface area (Å²) < 4.78 is 0. The van der Waals surface area contributed by atoms with Crippen LogP contribution >= 0.6 is 24.4 Å². The van der Waals surface area contributed by atoms with Crippen molar-refractivity contribution in [2.24, 2.45) is 11.5 Å².